The minimum atomic E-state index is 0.858. The predicted molar refractivity (Wildman–Crippen MR) is 98.7 cm³/mol. The van der Waals surface area contributed by atoms with E-state index in [1.165, 1.54) is 34.9 Å². The molecule has 0 saturated carbocycles. The van der Waals surface area contributed by atoms with Crippen molar-refractivity contribution in [2.24, 2.45) is 0 Å². The fraction of sp³-hybridized carbons (Fsp3) is 0.368. The predicted octanol–water partition coefficient (Wildman–Crippen LogP) is 3.52. The van der Waals surface area contributed by atoms with Crippen molar-refractivity contribution in [1.29, 1.82) is 0 Å². The highest BCUT2D eigenvalue weighted by Gasteiger charge is 2.14. The SMILES string of the molecule is Cc1ccc2c(CCNc3cc(N4CCCC4)ncn3)c[nH]c2c1. The molecular weight excluding hydrogens is 298 g/mol. The minimum Gasteiger partial charge on any atom is -0.370 e. The summed E-state index contributed by atoms with van der Waals surface area (Å²) in [5.41, 5.74) is 3.83. The molecule has 1 aliphatic heterocycles. The molecule has 3 heterocycles. The fourth-order valence-corrected chi connectivity index (χ4v) is 3.40. The van der Waals surface area contributed by atoms with Gasteiger partial charge in [-0.25, -0.2) is 9.97 Å². The van der Waals surface area contributed by atoms with Crippen molar-refractivity contribution in [2.45, 2.75) is 26.2 Å². The fourth-order valence-electron chi connectivity index (χ4n) is 3.40. The third-order valence-electron chi connectivity index (χ3n) is 4.71. The summed E-state index contributed by atoms with van der Waals surface area (Å²) in [5.74, 6) is 1.94. The van der Waals surface area contributed by atoms with E-state index in [0.29, 0.717) is 0 Å². The Hall–Kier alpha value is -2.56. The molecule has 0 radical (unpaired) electrons. The first-order chi connectivity index (χ1) is 11.8. The molecule has 2 aromatic heterocycles. The van der Waals surface area contributed by atoms with Crippen LogP contribution in [0.1, 0.15) is 24.0 Å². The average Bonchev–Trinajstić information content (AvgIpc) is 3.25. The second kappa shape index (κ2) is 6.51. The van der Waals surface area contributed by atoms with E-state index in [1.54, 1.807) is 6.33 Å². The first kappa shape index (κ1) is 15.0. The van der Waals surface area contributed by atoms with Crippen LogP contribution in [0.3, 0.4) is 0 Å². The summed E-state index contributed by atoms with van der Waals surface area (Å²) in [6, 6.07) is 8.62. The van der Waals surface area contributed by atoms with E-state index in [-0.39, 0.29) is 0 Å². The van der Waals surface area contributed by atoms with Crippen LogP contribution in [0.25, 0.3) is 10.9 Å². The number of aryl methyl sites for hydroxylation is 1. The molecule has 4 rings (SSSR count). The standard InChI is InChI=1S/C19H23N5/c1-14-4-5-16-15(12-21-17(16)10-14)6-7-20-18-11-19(23-13-22-18)24-8-2-3-9-24/h4-5,10-13,21H,2-3,6-9H2,1H3,(H,20,22,23). The van der Waals surface area contributed by atoms with Gasteiger partial charge in [0.2, 0.25) is 0 Å². The Morgan fingerprint density at radius 3 is 2.92 bits per heavy atom. The van der Waals surface area contributed by atoms with Crippen molar-refractivity contribution in [3.8, 4) is 0 Å². The van der Waals surface area contributed by atoms with Crippen molar-refractivity contribution in [2.75, 3.05) is 29.9 Å². The van der Waals surface area contributed by atoms with Gasteiger partial charge in [-0.15, -0.1) is 0 Å². The normalized spacial score (nSPS) is 14.5. The molecule has 1 fully saturated rings. The summed E-state index contributed by atoms with van der Waals surface area (Å²) in [6.07, 6.45) is 7.25. The van der Waals surface area contributed by atoms with Crippen LogP contribution in [0.5, 0.6) is 0 Å². The van der Waals surface area contributed by atoms with Gasteiger partial charge in [0.05, 0.1) is 0 Å². The molecular formula is C19H23N5. The van der Waals surface area contributed by atoms with E-state index in [1.807, 2.05) is 0 Å². The summed E-state index contributed by atoms with van der Waals surface area (Å²) >= 11 is 0. The zero-order valence-corrected chi connectivity index (χ0v) is 14.0. The van der Waals surface area contributed by atoms with E-state index in [9.17, 15) is 0 Å². The lowest BCUT2D eigenvalue weighted by Gasteiger charge is -2.16. The number of aromatic nitrogens is 3. The Morgan fingerprint density at radius 1 is 1.17 bits per heavy atom. The lowest BCUT2D eigenvalue weighted by atomic mass is 10.1. The van der Waals surface area contributed by atoms with Crippen LogP contribution in [0.15, 0.2) is 36.8 Å². The highest BCUT2D eigenvalue weighted by molar-refractivity contribution is 5.83. The van der Waals surface area contributed by atoms with Crippen molar-refractivity contribution in [3.63, 3.8) is 0 Å². The Bertz CT molecular complexity index is 833. The summed E-state index contributed by atoms with van der Waals surface area (Å²) in [4.78, 5) is 14.4. The molecule has 124 valence electrons. The maximum Gasteiger partial charge on any atom is 0.134 e. The van der Waals surface area contributed by atoms with Gasteiger partial charge in [0.1, 0.15) is 18.0 Å². The number of benzene rings is 1. The van der Waals surface area contributed by atoms with Crippen LogP contribution >= 0.6 is 0 Å². The summed E-state index contributed by atoms with van der Waals surface area (Å²) in [6.45, 7) is 5.18. The number of nitrogens with one attached hydrogen (secondary N) is 2. The summed E-state index contributed by atoms with van der Waals surface area (Å²) in [5, 5.41) is 4.74. The topological polar surface area (TPSA) is 56.8 Å². The second-order valence-electron chi connectivity index (χ2n) is 6.50. The number of H-pyrrole nitrogens is 1. The monoisotopic (exact) mass is 321 g/mol. The number of rotatable bonds is 5. The number of anilines is 2. The molecule has 0 amide bonds. The van der Waals surface area contributed by atoms with Crippen LogP contribution in [0.2, 0.25) is 0 Å². The molecule has 5 heteroatoms. The molecule has 0 spiro atoms. The van der Waals surface area contributed by atoms with Gasteiger partial charge in [-0.05, 0) is 43.4 Å². The zero-order chi connectivity index (χ0) is 16.4. The van der Waals surface area contributed by atoms with Gasteiger partial charge >= 0.3 is 0 Å². The van der Waals surface area contributed by atoms with Crippen LogP contribution in [0, 0.1) is 6.92 Å². The van der Waals surface area contributed by atoms with Gasteiger partial charge in [0, 0.05) is 42.8 Å². The van der Waals surface area contributed by atoms with Crippen LogP contribution in [0.4, 0.5) is 11.6 Å². The maximum absolute atomic E-state index is 4.40. The second-order valence-corrected chi connectivity index (χ2v) is 6.50. The number of hydrogen-bond donors (Lipinski definition) is 2. The molecule has 1 aromatic carbocycles. The van der Waals surface area contributed by atoms with Crippen molar-refractivity contribution in [3.05, 3.63) is 47.9 Å². The minimum absolute atomic E-state index is 0.858. The first-order valence-electron chi connectivity index (χ1n) is 8.67. The molecule has 0 atom stereocenters. The van der Waals surface area contributed by atoms with Gasteiger partial charge in [-0.3, -0.25) is 0 Å². The Labute approximate surface area is 142 Å². The quantitative estimate of drug-likeness (QED) is 0.755. The Morgan fingerprint density at radius 2 is 2.04 bits per heavy atom. The molecule has 5 nitrogen and oxygen atoms in total. The van der Waals surface area contributed by atoms with Crippen molar-refractivity contribution >= 4 is 22.5 Å². The van der Waals surface area contributed by atoms with Gasteiger partial charge in [0.15, 0.2) is 0 Å². The molecule has 1 saturated heterocycles. The Balaban J connectivity index is 1.40. The summed E-state index contributed by atoms with van der Waals surface area (Å²) in [7, 11) is 0. The van der Waals surface area contributed by atoms with E-state index in [2.05, 4.69) is 62.6 Å². The third kappa shape index (κ3) is 3.07. The van der Waals surface area contributed by atoms with E-state index < -0.39 is 0 Å². The first-order valence-corrected chi connectivity index (χ1v) is 8.67. The lowest BCUT2D eigenvalue weighted by Crippen LogP contribution is -2.19. The van der Waals surface area contributed by atoms with E-state index in [0.717, 1.165) is 37.7 Å². The van der Waals surface area contributed by atoms with Gasteiger partial charge in [-0.2, -0.15) is 0 Å². The lowest BCUT2D eigenvalue weighted by molar-refractivity contribution is 0.923. The zero-order valence-electron chi connectivity index (χ0n) is 14.0. The molecule has 0 bridgehead atoms. The van der Waals surface area contributed by atoms with Gasteiger partial charge < -0.3 is 15.2 Å². The van der Waals surface area contributed by atoms with Crippen LogP contribution in [-0.4, -0.2) is 34.6 Å². The average molecular weight is 321 g/mol. The maximum atomic E-state index is 4.40. The third-order valence-corrected chi connectivity index (χ3v) is 4.71. The Kier molecular flexibility index (Phi) is 4.07. The summed E-state index contributed by atoms with van der Waals surface area (Å²) < 4.78 is 0. The molecule has 1 aliphatic rings. The smallest absolute Gasteiger partial charge is 0.134 e. The highest BCUT2D eigenvalue weighted by Crippen LogP contribution is 2.21. The van der Waals surface area contributed by atoms with Gasteiger partial charge in [0.25, 0.3) is 0 Å². The van der Waals surface area contributed by atoms with E-state index >= 15 is 0 Å². The molecule has 24 heavy (non-hydrogen) atoms. The molecule has 2 N–H and O–H groups in total. The van der Waals surface area contributed by atoms with Crippen molar-refractivity contribution < 1.29 is 0 Å². The van der Waals surface area contributed by atoms with Crippen molar-refractivity contribution in [1.82, 2.24) is 15.0 Å². The number of fused-ring (bicyclic) bond motifs is 1. The highest BCUT2D eigenvalue weighted by atomic mass is 15.2. The number of hydrogen-bond acceptors (Lipinski definition) is 4. The molecule has 0 aliphatic carbocycles. The van der Waals surface area contributed by atoms with Crippen LogP contribution < -0.4 is 10.2 Å². The molecule has 0 unspecified atom stereocenters. The largest absolute Gasteiger partial charge is 0.370 e. The number of nitrogens with zero attached hydrogens (tertiary/aromatic N) is 3. The molecule has 3 aromatic rings. The number of aromatic amines is 1. The van der Waals surface area contributed by atoms with Crippen LogP contribution in [-0.2, 0) is 6.42 Å². The van der Waals surface area contributed by atoms with Gasteiger partial charge in [-0.1, -0.05) is 12.1 Å². The van der Waals surface area contributed by atoms with E-state index in [4.69, 9.17) is 0 Å².